The average molecular weight is 198 g/mol. The van der Waals surface area contributed by atoms with E-state index in [-0.39, 0.29) is 18.3 Å². The largest absolute Gasteiger partial charge is 0.433 e. The van der Waals surface area contributed by atoms with Crippen LogP contribution in [0.15, 0.2) is 0 Å². The fraction of sp³-hybridized carbons (Fsp3) is 0.857. The van der Waals surface area contributed by atoms with E-state index >= 15 is 0 Å². The van der Waals surface area contributed by atoms with Crippen LogP contribution in [0.2, 0.25) is 0 Å². The molecule has 0 radical (unpaired) electrons. The Morgan fingerprint density at radius 3 is 2.92 bits per heavy atom. The first-order chi connectivity index (χ1) is 5.34. The van der Waals surface area contributed by atoms with E-state index in [0.717, 1.165) is 19.4 Å². The van der Waals surface area contributed by atoms with Crippen LogP contribution >= 0.6 is 12.4 Å². The lowest BCUT2D eigenvalue weighted by molar-refractivity contribution is -0.153. The smallest absolute Gasteiger partial charge is 0.312 e. The first-order valence-electron chi connectivity index (χ1n) is 3.78. The maximum Gasteiger partial charge on any atom is 0.312 e. The molecule has 1 fully saturated rings. The summed E-state index contributed by atoms with van der Waals surface area (Å²) in [4.78, 5) is 10.9. The van der Waals surface area contributed by atoms with Crippen LogP contribution in [0.3, 0.4) is 0 Å². The number of ether oxygens (including phenoxy) is 1. The quantitative estimate of drug-likeness (QED) is 0.668. The minimum atomic E-state index is -1.00. The fourth-order valence-electron chi connectivity index (χ4n) is 1.22. The Labute approximate surface area is 77.1 Å². The molecule has 1 rings (SSSR count). The van der Waals surface area contributed by atoms with Crippen LogP contribution < -0.4 is 5.32 Å². The van der Waals surface area contributed by atoms with Gasteiger partial charge in [0.25, 0.3) is 0 Å². The highest BCUT2D eigenvalue weighted by molar-refractivity contribution is 5.85. The molecule has 1 aliphatic rings. The average Bonchev–Trinajstić information content (AvgIpc) is 2.07. The van der Waals surface area contributed by atoms with Gasteiger partial charge in [-0.05, 0) is 19.4 Å². The van der Waals surface area contributed by atoms with Crippen LogP contribution in [0.4, 0.5) is 4.39 Å². The van der Waals surface area contributed by atoms with Crippen molar-refractivity contribution in [2.75, 3.05) is 20.0 Å². The first-order valence-corrected chi connectivity index (χ1v) is 3.78. The number of hydrogen-bond acceptors (Lipinski definition) is 3. The molecule has 0 aromatic rings. The highest BCUT2D eigenvalue weighted by Gasteiger charge is 2.21. The van der Waals surface area contributed by atoms with Gasteiger partial charge in [0.2, 0.25) is 6.86 Å². The molecule has 0 amide bonds. The molecule has 1 saturated heterocycles. The molecule has 0 aromatic heterocycles. The predicted molar refractivity (Wildman–Crippen MR) is 44.9 cm³/mol. The number of alkyl halides is 1. The molecule has 1 aliphatic heterocycles. The van der Waals surface area contributed by atoms with Gasteiger partial charge < -0.3 is 10.1 Å². The molecule has 0 aliphatic carbocycles. The third-order valence-corrected chi connectivity index (χ3v) is 1.83. The summed E-state index contributed by atoms with van der Waals surface area (Å²) in [6.07, 6.45) is 1.78. The van der Waals surface area contributed by atoms with Gasteiger partial charge in [-0.15, -0.1) is 12.4 Å². The van der Waals surface area contributed by atoms with Crippen molar-refractivity contribution >= 4 is 18.4 Å². The Balaban J connectivity index is 0.00000121. The monoisotopic (exact) mass is 197 g/mol. The number of carbonyl (C=O) groups excluding carboxylic acids is 1. The molecule has 1 heterocycles. The zero-order valence-electron chi connectivity index (χ0n) is 6.72. The lowest BCUT2D eigenvalue weighted by atomic mass is 10.0. The van der Waals surface area contributed by atoms with Crippen molar-refractivity contribution in [3.05, 3.63) is 0 Å². The van der Waals surface area contributed by atoms with E-state index in [0.29, 0.717) is 6.54 Å². The van der Waals surface area contributed by atoms with E-state index in [4.69, 9.17) is 0 Å². The Morgan fingerprint density at radius 1 is 1.67 bits per heavy atom. The molecule has 0 aromatic carbocycles. The normalized spacial score (nSPS) is 22.6. The third kappa shape index (κ3) is 3.36. The molecular weight excluding hydrogens is 185 g/mol. The van der Waals surface area contributed by atoms with E-state index in [1.54, 1.807) is 0 Å². The summed E-state index contributed by atoms with van der Waals surface area (Å²) >= 11 is 0. The zero-order chi connectivity index (χ0) is 8.10. The molecule has 1 N–H and O–H groups in total. The number of halogens is 2. The molecule has 3 nitrogen and oxygen atoms in total. The van der Waals surface area contributed by atoms with Gasteiger partial charge in [-0.1, -0.05) is 0 Å². The second-order valence-corrected chi connectivity index (χ2v) is 2.62. The van der Waals surface area contributed by atoms with E-state index in [2.05, 4.69) is 10.1 Å². The second kappa shape index (κ2) is 6.20. The molecule has 72 valence electrons. The van der Waals surface area contributed by atoms with Crippen molar-refractivity contribution in [2.24, 2.45) is 5.92 Å². The third-order valence-electron chi connectivity index (χ3n) is 1.83. The number of rotatable bonds is 2. The zero-order valence-corrected chi connectivity index (χ0v) is 7.53. The minimum absolute atomic E-state index is 0. The van der Waals surface area contributed by atoms with Gasteiger partial charge in [0.1, 0.15) is 0 Å². The summed E-state index contributed by atoms with van der Waals surface area (Å²) in [5.41, 5.74) is 0. The van der Waals surface area contributed by atoms with Crippen LogP contribution in [0.25, 0.3) is 0 Å². The van der Waals surface area contributed by atoms with Gasteiger partial charge in [-0.25, -0.2) is 4.39 Å². The predicted octanol–water partition coefficient (Wildman–Crippen LogP) is 0.878. The summed E-state index contributed by atoms with van der Waals surface area (Å²) in [6, 6.07) is 0. The fourth-order valence-corrected chi connectivity index (χ4v) is 1.22. The minimum Gasteiger partial charge on any atom is -0.433 e. The van der Waals surface area contributed by atoms with Gasteiger partial charge in [-0.3, -0.25) is 4.79 Å². The maximum atomic E-state index is 11.5. The standard InChI is InChI=1S/C7H12FNO2.ClH/c8-5-11-7(10)6-2-1-3-9-4-6;/h6,9H,1-5H2;1H. The van der Waals surface area contributed by atoms with Crippen LogP contribution in [0.1, 0.15) is 12.8 Å². The van der Waals surface area contributed by atoms with Crippen LogP contribution in [0, 0.1) is 5.92 Å². The molecule has 5 heteroatoms. The van der Waals surface area contributed by atoms with E-state index < -0.39 is 12.8 Å². The Morgan fingerprint density at radius 2 is 2.42 bits per heavy atom. The maximum absolute atomic E-state index is 11.5. The molecule has 0 bridgehead atoms. The van der Waals surface area contributed by atoms with Gasteiger partial charge >= 0.3 is 5.97 Å². The van der Waals surface area contributed by atoms with Gasteiger partial charge in [0.05, 0.1) is 5.92 Å². The van der Waals surface area contributed by atoms with Crippen molar-refractivity contribution < 1.29 is 13.9 Å². The van der Waals surface area contributed by atoms with Crippen LogP contribution in [-0.4, -0.2) is 25.9 Å². The van der Waals surface area contributed by atoms with E-state index in [1.807, 2.05) is 0 Å². The van der Waals surface area contributed by atoms with Crippen LogP contribution in [0.5, 0.6) is 0 Å². The Kier molecular flexibility index (Phi) is 6.02. The molecule has 0 saturated carbocycles. The SMILES string of the molecule is Cl.O=C(OCF)C1CCCNC1. The summed E-state index contributed by atoms with van der Waals surface area (Å²) in [6.45, 7) is 0.563. The molecular formula is C7H13ClFNO2. The molecule has 12 heavy (non-hydrogen) atoms. The van der Waals surface area contributed by atoms with Crippen molar-refractivity contribution in [2.45, 2.75) is 12.8 Å². The van der Waals surface area contributed by atoms with Gasteiger partial charge in [0.15, 0.2) is 0 Å². The second-order valence-electron chi connectivity index (χ2n) is 2.62. The topological polar surface area (TPSA) is 38.3 Å². The number of esters is 1. The van der Waals surface area contributed by atoms with Crippen molar-refractivity contribution in [1.29, 1.82) is 0 Å². The summed E-state index contributed by atoms with van der Waals surface area (Å²) in [5, 5.41) is 3.05. The number of hydrogen-bond donors (Lipinski definition) is 1. The first kappa shape index (κ1) is 11.6. The van der Waals surface area contributed by atoms with Gasteiger partial charge in [-0.2, -0.15) is 0 Å². The van der Waals surface area contributed by atoms with Crippen molar-refractivity contribution in [3.63, 3.8) is 0 Å². The molecule has 1 unspecified atom stereocenters. The molecule has 0 spiro atoms. The summed E-state index contributed by atoms with van der Waals surface area (Å²) in [7, 11) is 0. The number of piperidine rings is 1. The Bertz CT molecular complexity index is 139. The lowest BCUT2D eigenvalue weighted by Crippen LogP contribution is -2.35. The number of carbonyl (C=O) groups is 1. The number of nitrogens with one attached hydrogen (secondary N) is 1. The summed E-state index contributed by atoms with van der Waals surface area (Å²) < 4.78 is 15.8. The van der Waals surface area contributed by atoms with E-state index in [9.17, 15) is 9.18 Å². The lowest BCUT2D eigenvalue weighted by Gasteiger charge is -2.20. The van der Waals surface area contributed by atoms with Crippen molar-refractivity contribution in [3.8, 4) is 0 Å². The van der Waals surface area contributed by atoms with Gasteiger partial charge in [0, 0.05) is 6.54 Å². The van der Waals surface area contributed by atoms with Crippen LogP contribution in [-0.2, 0) is 9.53 Å². The van der Waals surface area contributed by atoms with Crippen molar-refractivity contribution in [1.82, 2.24) is 5.32 Å². The Hall–Kier alpha value is -0.350. The highest BCUT2D eigenvalue weighted by Crippen LogP contribution is 2.11. The summed E-state index contributed by atoms with van der Waals surface area (Å²) in [5.74, 6) is -0.556. The van der Waals surface area contributed by atoms with E-state index in [1.165, 1.54) is 0 Å². The highest BCUT2D eigenvalue weighted by atomic mass is 35.5. The molecule has 1 atom stereocenters.